The molecule has 0 bridgehead atoms. The van der Waals surface area contributed by atoms with Crippen LogP contribution in [-0.2, 0) is 0 Å². The van der Waals surface area contributed by atoms with Gasteiger partial charge >= 0.3 is 0 Å². The molecule has 0 rings (SSSR count). The van der Waals surface area contributed by atoms with Crippen LogP contribution in [0.15, 0.2) is 12.2 Å². The maximum absolute atomic E-state index is 4.95. The molecule has 0 aliphatic heterocycles. The summed E-state index contributed by atoms with van der Waals surface area (Å²) in [5.74, 6) is 5.25. The Kier molecular flexibility index (Phi) is 4.68. The van der Waals surface area contributed by atoms with Crippen molar-refractivity contribution in [2.75, 3.05) is 0 Å². The summed E-state index contributed by atoms with van der Waals surface area (Å²) in [7, 11) is -0.694. The summed E-state index contributed by atoms with van der Waals surface area (Å²) in [6.07, 6.45) is 8.28. The Hall–Kier alpha value is -0.923. The SMILES string of the molecule is C#C/C=C\C#C[SiH](C)C. The molecular formula is C8H10Si. The normalized spacial score (nSPS) is 8.67. The van der Waals surface area contributed by atoms with Crippen molar-refractivity contribution in [2.45, 2.75) is 13.1 Å². The summed E-state index contributed by atoms with van der Waals surface area (Å²) in [5.41, 5.74) is 3.09. The van der Waals surface area contributed by atoms with Gasteiger partial charge in [-0.1, -0.05) is 24.9 Å². The van der Waals surface area contributed by atoms with Gasteiger partial charge in [0.2, 0.25) is 0 Å². The van der Waals surface area contributed by atoms with Gasteiger partial charge in [0, 0.05) is 0 Å². The molecule has 0 N–H and O–H groups in total. The van der Waals surface area contributed by atoms with Gasteiger partial charge < -0.3 is 0 Å². The van der Waals surface area contributed by atoms with Crippen molar-refractivity contribution in [1.29, 1.82) is 0 Å². The standard InChI is InChI=1S/C8H10Si/c1-4-5-6-7-8-9(2)3/h1,5-6,9H,2-3H3/b6-5-. The highest BCUT2D eigenvalue weighted by atomic mass is 28.3. The van der Waals surface area contributed by atoms with E-state index in [1.54, 1.807) is 12.2 Å². The Labute approximate surface area is 58.6 Å². The second-order valence-corrected chi connectivity index (χ2v) is 4.54. The van der Waals surface area contributed by atoms with E-state index in [2.05, 4.69) is 30.5 Å². The van der Waals surface area contributed by atoms with E-state index in [0.29, 0.717) is 0 Å². The van der Waals surface area contributed by atoms with Gasteiger partial charge in [-0.05, 0) is 12.2 Å². The molecule has 0 atom stereocenters. The highest BCUT2D eigenvalue weighted by Crippen LogP contribution is 1.73. The van der Waals surface area contributed by atoms with Crippen LogP contribution in [0.2, 0.25) is 13.1 Å². The molecule has 0 radical (unpaired) electrons. The Morgan fingerprint density at radius 1 is 1.33 bits per heavy atom. The van der Waals surface area contributed by atoms with Gasteiger partial charge in [0.25, 0.3) is 0 Å². The van der Waals surface area contributed by atoms with Gasteiger partial charge in [-0.15, -0.1) is 12.0 Å². The van der Waals surface area contributed by atoms with E-state index in [0.717, 1.165) is 0 Å². The van der Waals surface area contributed by atoms with Crippen molar-refractivity contribution >= 4 is 8.80 Å². The van der Waals surface area contributed by atoms with Crippen molar-refractivity contribution in [2.24, 2.45) is 0 Å². The number of rotatable bonds is 0. The number of terminal acetylenes is 1. The van der Waals surface area contributed by atoms with Crippen LogP contribution in [0.25, 0.3) is 0 Å². The molecular weight excluding hydrogens is 124 g/mol. The maximum Gasteiger partial charge on any atom is 0.117 e. The van der Waals surface area contributed by atoms with Crippen molar-refractivity contribution in [3.63, 3.8) is 0 Å². The van der Waals surface area contributed by atoms with Gasteiger partial charge in [0.05, 0.1) is 0 Å². The van der Waals surface area contributed by atoms with E-state index in [1.165, 1.54) is 0 Å². The summed E-state index contributed by atoms with van der Waals surface area (Å²) in [6.45, 7) is 4.35. The number of hydrogen-bond acceptors (Lipinski definition) is 0. The molecule has 1 heteroatoms. The second kappa shape index (κ2) is 5.22. The van der Waals surface area contributed by atoms with E-state index in [-0.39, 0.29) is 0 Å². The molecule has 0 heterocycles. The van der Waals surface area contributed by atoms with Crippen LogP contribution in [0.3, 0.4) is 0 Å². The smallest absolute Gasteiger partial charge is 0.117 e. The Bertz CT molecular complexity index is 183. The van der Waals surface area contributed by atoms with Crippen LogP contribution in [0, 0.1) is 23.8 Å². The first-order chi connectivity index (χ1) is 4.27. The van der Waals surface area contributed by atoms with Crippen molar-refractivity contribution in [1.82, 2.24) is 0 Å². The molecule has 0 aromatic rings. The molecule has 0 aromatic heterocycles. The molecule has 0 fully saturated rings. The first-order valence-electron chi connectivity index (χ1n) is 2.89. The van der Waals surface area contributed by atoms with Gasteiger partial charge in [-0.25, -0.2) is 0 Å². The minimum atomic E-state index is -0.694. The summed E-state index contributed by atoms with van der Waals surface area (Å²) in [4.78, 5) is 0. The highest BCUT2D eigenvalue weighted by Gasteiger charge is 1.80. The van der Waals surface area contributed by atoms with Crippen LogP contribution < -0.4 is 0 Å². The lowest BCUT2D eigenvalue weighted by Gasteiger charge is -1.79. The van der Waals surface area contributed by atoms with Crippen LogP contribution in [0.4, 0.5) is 0 Å². The minimum Gasteiger partial charge on any atom is -0.131 e. The molecule has 0 spiro atoms. The monoisotopic (exact) mass is 134 g/mol. The third kappa shape index (κ3) is 7.08. The summed E-state index contributed by atoms with van der Waals surface area (Å²) in [5, 5.41) is 0. The molecule has 0 aromatic carbocycles. The van der Waals surface area contributed by atoms with Gasteiger partial charge in [0.1, 0.15) is 8.80 Å². The third-order valence-electron chi connectivity index (χ3n) is 0.635. The fourth-order valence-electron chi connectivity index (χ4n) is 0.305. The van der Waals surface area contributed by atoms with Gasteiger partial charge in [0.15, 0.2) is 0 Å². The van der Waals surface area contributed by atoms with Crippen LogP contribution in [0.5, 0.6) is 0 Å². The van der Waals surface area contributed by atoms with E-state index in [4.69, 9.17) is 6.42 Å². The minimum absolute atomic E-state index is 0.694. The van der Waals surface area contributed by atoms with Gasteiger partial charge in [-0.3, -0.25) is 0 Å². The lowest BCUT2D eigenvalue weighted by atomic mass is 10.5. The second-order valence-electron chi connectivity index (χ2n) is 1.94. The summed E-state index contributed by atoms with van der Waals surface area (Å²) < 4.78 is 0. The molecule has 0 aliphatic rings. The van der Waals surface area contributed by atoms with Crippen LogP contribution in [0.1, 0.15) is 0 Å². The molecule has 0 unspecified atom stereocenters. The van der Waals surface area contributed by atoms with Crippen molar-refractivity contribution in [3.8, 4) is 23.8 Å². The number of allylic oxidation sites excluding steroid dienone is 2. The summed E-state index contributed by atoms with van der Waals surface area (Å²) >= 11 is 0. The molecule has 0 nitrogen and oxygen atoms in total. The number of hydrogen-bond donors (Lipinski definition) is 0. The Balaban J connectivity index is 3.65. The Morgan fingerprint density at radius 3 is 2.44 bits per heavy atom. The average Bonchev–Trinajstić information content (AvgIpc) is 1.80. The van der Waals surface area contributed by atoms with Crippen molar-refractivity contribution in [3.05, 3.63) is 12.2 Å². The quantitative estimate of drug-likeness (QED) is 0.345. The van der Waals surface area contributed by atoms with E-state index >= 15 is 0 Å². The van der Waals surface area contributed by atoms with E-state index in [1.807, 2.05) is 0 Å². The molecule has 0 saturated heterocycles. The fourth-order valence-corrected chi connectivity index (χ4v) is 0.734. The maximum atomic E-state index is 4.95. The predicted molar refractivity (Wildman–Crippen MR) is 44.6 cm³/mol. The zero-order chi connectivity index (χ0) is 7.11. The highest BCUT2D eigenvalue weighted by molar-refractivity contribution is 6.64. The fraction of sp³-hybridized carbons (Fsp3) is 0.250. The molecule has 0 amide bonds. The van der Waals surface area contributed by atoms with E-state index in [9.17, 15) is 0 Å². The Morgan fingerprint density at radius 2 is 2.00 bits per heavy atom. The van der Waals surface area contributed by atoms with Gasteiger partial charge in [-0.2, -0.15) is 0 Å². The molecule has 46 valence electrons. The summed E-state index contributed by atoms with van der Waals surface area (Å²) in [6, 6.07) is 0. The predicted octanol–water partition coefficient (Wildman–Crippen LogP) is 1.21. The molecule has 9 heavy (non-hydrogen) atoms. The van der Waals surface area contributed by atoms with E-state index < -0.39 is 8.80 Å². The molecule has 0 saturated carbocycles. The third-order valence-corrected chi connectivity index (χ3v) is 1.38. The lowest BCUT2D eigenvalue weighted by Crippen LogP contribution is -1.92. The topological polar surface area (TPSA) is 0 Å². The lowest BCUT2D eigenvalue weighted by molar-refractivity contribution is 2.03. The van der Waals surface area contributed by atoms with Crippen LogP contribution in [-0.4, -0.2) is 8.80 Å². The van der Waals surface area contributed by atoms with Crippen LogP contribution >= 0.6 is 0 Å². The zero-order valence-electron chi connectivity index (χ0n) is 5.81. The average molecular weight is 134 g/mol. The van der Waals surface area contributed by atoms with Crippen molar-refractivity contribution < 1.29 is 0 Å². The first kappa shape index (κ1) is 8.08. The first-order valence-corrected chi connectivity index (χ1v) is 5.78. The zero-order valence-corrected chi connectivity index (χ0v) is 6.96. The molecule has 0 aliphatic carbocycles. The largest absolute Gasteiger partial charge is 0.131 e.